The van der Waals surface area contributed by atoms with Gasteiger partial charge in [0, 0.05) is 44.3 Å². The van der Waals surface area contributed by atoms with Crippen LogP contribution in [-0.4, -0.2) is 68.4 Å². The topological polar surface area (TPSA) is 33.7 Å². The van der Waals surface area contributed by atoms with E-state index in [4.69, 9.17) is 21.1 Å². The summed E-state index contributed by atoms with van der Waals surface area (Å²) in [7, 11) is 0. The quantitative estimate of drug-likeness (QED) is 0.762. The van der Waals surface area contributed by atoms with Crippen LogP contribution in [0, 0.1) is 0 Å². The lowest BCUT2D eigenvalue weighted by Crippen LogP contribution is -2.55. The van der Waals surface area contributed by atoms with E-state index in [1.54, 1.807) is 0 Å². The first-order valence-electron chi connectivity index (χ1n) is 7.01. The van der Waals surface area contributed by atoms with Gasteiger partial charge in [-0.3, -0.25) is 4.90 Å². The minimum Gasteiger partial charge on any atom is -0.381 e. The molecule has 0 aromatic rings. The van der Waals surface area contributed by atoms with E-state index < -0.39 is 0 Å². The fourth-order valence-electron chi connectivity index (χ4n) is 2.64. The summed E-state index contributed by atoms with van der Waals surface area (Å²) in [5.41, 5.74) is 0.0532. The van der Waals surface area contributed by atoms with E-state index in [-0.39, 0.29) is 5.54 Å². The smallest absolute Gasteiger partial charge is 0.0826 e. The SMILES string of the molecule is CCN1CCOC(CNC2(CCl)CCOCC2)C1. The Kier molecular flexibility index (Phi) is 5.70. The van der Waals surface area contributed by atoms with Gasteiger partial charge in [0.1, 0.15) is 0 Å². The summed E-state index contributed by atoms with van der Waals surface area (Å²) in [6.45, 7) is 8.75. The molecule has 5 heteroatoms. The third-order valence-corrected chi connectivity index (χ3v) is 4.59. The van der Waals surface area contributed by atoms with Crippen LogP contribution >= 0.6 is 11.6 Å². The van der Waals surface area contributed by atoms with Crippen molar-refractivity contribution in [3.63, 3.8) is 0 Å². The van der Waals surface area contributed by atoms with Gasteiger partial charge in [-0.15, -0.1) is 11.6 Å². The zero-order valence-electron chi connectivity index (χ0n) is 11.3. The number of likely N-dealkylation sites (N-methyl/N-ethyl adjacent to an activating group) is 1. The maximum atomic E-state index is 6.14. The fourth-order valence-corrected chi connectivity index (χ4v) is 3.00. The lowest BCUT2D eigenvalue weighted by Gasteiger charge is -2.39. The molecule has 2 fully saturated rings. The van der Waals surface area contributed by atoms with Crippen molar-refractivity contribution < 1.29 is 9.47 Å². The zero-order valence-corrected chi connectivity index (χ0v) is 12.0. The average Bonchev–Trinajstić information content (AvgIpc) is 2.46. The standard InChI is InChI=1S/C13H25ClN2O2/c1-2-16-5-8-18-12(10-16)9-15-13(11-14)3-6-17-7-4-13/h12,15H,2-11H2,1H3. The third-order valence-electron chi connectivity index (χ3n) is 4.08. The zero-order chi connectivity index (χ0) is 12.8. The Balaban J connectivity index is 1.78. The van der Waals surface area contributed by atoms with E-state index in [1.807, 2.05) is 0 Å². The van der Waals surface area contributed by atoms with E-state index in [0.717, 1.165) is 58.8 Å². The number of nitrogens with one attached hydrogen (secondary N) is 1. The molecule has 0 aliphatic carbocycles. The minimum atomic E-state index is 0.0532. The van der Waals surface area contributed by atoms with Crippen molar-refractivity contribution in [1.82, 2.24) is 10.2 Å². The first-order chi connectivity index (χ1) is 8.78. The first kappa shape index (κ1) is 14.5. The third kappa shape index (κ3) is 3.81. The molecule has 0 amide bonds. The number of halogens is 1. The molecule has 0 aromatic heterocycles. The van der Waals surface area contributed by atoms with Crippen molar-refractivity contribution in [1.29, 1.82) is 0 Å². The molecule has 0 spiro atoms. The molecular weight excluding hydrogens is 252 g/mol. The molecule has 1 unspecified atom stereocenters. The van der Waals surface area contributed by atoms with Crippen LogP contribution in [0.5, 0.6) is 0 Å². The van der Waals surface area contributed by atoms with Crippen molar-refractivity contribution in [2.45, 2.75) is 31.4 Å². The summed E-state index contributed by atoms with van der Waals surface area (Å²) >= 11 is 6.14. The van der Waals surface area contributed by atoms with Gasteiger partial charge in [0.15, 0.2) is 0 Å². The Bertz CT molecular complexity index is 247. The molecule has 0 saturated carbocycles. The Labute approximate surface area is 115 Å². The molecule has 0 radical (unpaired) electrons. The normalized spacial score (nSPS) is 29.3. The molecule has 1 atom stereocenters. The van der Waals surface area contributed by atoms with E-state index in [2.05, 4.69) is 17.1 Å². The summed E-state index contributed by atoms with van der Waals surface area (Å²) in [4.78, 5) is 2.44. The lowest BCUT2D eigenvalue weighted by atomic mass is 9.92. The van der Waals surface area contributed by atoms with Crippen molar-refractivity contribution in [2.75, 3.05) is 51.9 Å². The minimum absolute atomic E-state index is 0.0532. The number of alkyl halides is 1. The molecule has 2 heterocycles. The number of rotatable bonds is 5. The second kappa shape index (κ2) is 7.06. The fraction of sp³-hybridized carbons (Fsp3) is 1.00. The predicted octanol–water partition coefficient (Wildman–Crippen LogP) is 1.08. The number of hydrogen-bond donors (Lipinski definition) is 1. The van der Waals surface area contributed by atoms with Crippen LogP contribution in [-0.2, 0) is 9.47 Å². The highest BCUT2D eigenvalue weighted by atomic mass is 35.5. The Morgan fingerprint density at radius 2 is 2.11 bits per heavy atom. The van der Waals surface area contributed by atoms with Crippen molar-refractivity contribution in [3.05, 3.63) is 0 Å². The molecule has 4 nitrogen and oxygen atoms in total. The van der Waals surface area contributed by atoms with E-state index in [1.165, 1.54) is 0 Å². The molecule has 2 rings (SSSR count). The highest BCUT2D eigenvalue weighted by Gasteiger charge is 2.32. The van der Waals surface area contributed by atoms with Crippen LogP contribution in [0.3, 0.4) is 0 Å². The van der Waals surface area contributed by atoms with E-state index in [9.17, 15) is 0 Å². The molecule has 2 saturated heterocycles. The number of hydrogen-bond acceptors (Lipinski definition) is 4. The molecule has 106 valence electrons. The van der Waals surface area contributed by atoms with Crippen LogP contribution in [0.15, 0.2) is 0 Å². The summed E-state index contributed by atoms with van der Waals surface area (Å²) in [5, 5.41) is 3.64. The van der Waals surface area contributed by atoms with Gasteiger partial charge in [0.25, 0.3) is 0 Å². The van der Waals surface area contributed by atoms with Crippen molar-refractivity contribution in [2.24, 2.45) is 0 Å². The predicted molar refractivity (Wildman–Crippen MR) is 73.4 cm³/mol. The van der Waals surface area contributed by atoms with Gasteiger partial charge in [-0.2, -0.15) is 0 Å². The average molecular weight is 277 g/mol. The summed E-state index contributed by atoms with van der Waals surface area (Å²) < 4.78 is 11.2. The Morgan fingerprint density at radius 3 is 2.78 bits per heavy atom. The van der Waals surface area contributed by atoms with Crippen molar-refractivity contribution >= 4 is 11.6 Å². The largest absolute Gasteiger partial charge is 0.381 e. The molecular formula is C13H25ClN2O2. The maximum absolute atomic E-state index is 6.14. The van der Waals surface area contributed by atoms with Gasteiger partial charge in [-0.05, 0) is 19.4 Å². The van der Waals surface area contributed by atoms with Crippen LogP contribution < -0.4 is 5.32 Å². The summed E-state index contributed by atoms with van der Waals surface area (Å²) in [5.74, 6) is 0.653. The number of morpholine rings is 1. The second-order valence-corrected chi connectivity index (χ2v) is 5.56. The van der Waals surface area contributed by atoms with Gasteiger partial charge in [0.05, 0.1) is 12.7 Å². The van der Waals surface area contributed by atoms with Gasteiger partial charge in [-0.25, -0.2) is 0 Å². The van der Waals surface area contributed by atoms with Gasteiger partial charge < -0.3 is 14.8 Å². The summed E-state index contributed by atoms with van der Waals surface area (Å²) in [6.07, 6.45) is 2.29. The van der Waals surface area contributed by atoms with E-state index >= 15 is 0 Å². The van der Waals surface area contributed by atoms with Gasteiger partial charge >= 0.3 is 0 Å². The maximum Gasteiger partial charge on any atom is 0.0826 e. The van der Waals surface area contributed by atoms with Crippen molar-refractivity contribution in [3.8, 4) is 0 Å². The highest BCUT2D eigenvalue weighted by molar-refractivity contribution is 6.18. The second-order valence-electron chi connectivity index (χ2n) is 5.29. The number of ether oxygens (including phenoxy) is 2. The number of nitrogens with zero attached hydrogens (tertiary/aromatic N) is 1. The van der Waals surface area contributed by atoms with Crippen LogP contribution in [0.1, 0.15) is 19.8 Å². The van der Waals surface area contributed by atoms with E-state index in [0.29, 0.717) is 12.0 Å². The Morgan fingerprint density at radius 1 is 1.33 bits per heavy atom. The molecule has 18 heavy (non-hydrogen) atoms. The highest BCUT2D eigenvalue weighted by Crippen LogP contribution is 2.22. The lowest BCUT2D eigenvalue weighted by molar-refractivity contribution is -0.0329. The molecule has 2 aliphatic heterocycles. The molecule has 0 aromatic carbocycles. The van der Waals surface area contributed by atoms with Crippen LogP contribution in [0.2, 0.25) is 0 Å². The Hall–Kier alpha value is 0.130. The molecule has 1 N–H and O–H groups in total. The summed E-state index contributed by atoms with van der Waals surface area (Å²) in [6, 6.07) is 0. The van der Waals surface area contributed by atoms with Crippen LogP contribution in [0.25, 0.3) is 0 Å². The monoisotopic (exact) mass is 276 g/mol. The molecule has 2 aliphatic rings. The van der Waals surface area contributed by atoms with Gasteiger partial charge in [-0.1, -0.05) is 6.92 Å². The van der Waals surface area contributed by atoms with Crippen LogP contribution in [0.4, 0.5) is 0 Å². The van der Waals surface area contributed by atoms with Gasteiger partial charge in [0.2, 0.25) is 0 Å². The first-order valence-corrected chi connectivity index (χ1v) is 7.54. The molecule has 0 bridgehead atoms.